The van der Waals surface area contributed by atoms with E-state index in [-0.39, 0.29) is 5.92 Å². The van der Waals surface area contributed by atoms with Gasteiger partial charge in [0.15, 0.2) is 11.6 Å². The van der Waals surface area contributed by atoms with Gasteiger partial charge in [-0.05, 0) is 85.8 Å². The SMILES string of the molecule is C1=CC(c2nc(-c3ccc4ccccc4c3)nc(-c3cccc4oc5cccc(-c6ccc(-c7ccc(-c8ccccc8)cc7)cc6)c5c34)n2)Cc2sc3ccccc3c21. The fraction of sp³-hybridized carbons (Fsp3) is 0.0364. The summed E-state index contributed by atoms with van der Waals surface area (Å²) in [6.45, 7) is 0. The van der Waals surface area contributed by atoms with E-state index in [2.05, 4.69) is 182 Å². The van der Waals surface area contributed by atoms with Crippen LogP contribution in [0.4, 0.5) is 0 Å². The molecule has 0 aliphatic heterocycles. The molecule has 8 aromatic carbocycles. The summed E-state index contributed by atoms with van der Waals surface area (Å²) in [4.78, 5) is 17.2. The molecular weight excluding hydrogens is 751 g/mol. The van der Waals surface area contributed by atoms with Crippen molar-refractivity contribution in [2.24, 2.45) is 0 Å². The summed E-state index contributed by atoms with van der Waals surface area (Å²) in [6.07, 6.45) is 5.38. The molecule has 1 aliphatic rings. The molecule has 1 atom stereocenters. The smallest absolute Gasteiger partial charge is 0.164 e. The highest BCUT2D eigenvalue weighted by Gasteiger charge is 2.25. The molecule has 0 bridgehead atoms. The molecule has 0 spiro atoms. The number of thiophene rings is 1. The minimum absolute atomic E-state index is 0.00423. The Bertz CT molecular complexity index is 3450. The van der Waals surface area contributed by atoms with Gasteiger partial charge in [0.2, 0.25) is 0 Å². The van der Waals surface area contributed by atoms with Crippen molar-refractivity contribution in [1.29, 1.82) is 0 Å². The fourth-order valence-electron chi connectivity index (χ4n) is 8.87. The van der Waals surface area contributed by atoms with E-state index in [4.69, 9.17) is 19.4 Å². The number of nitrogens with zero attached hydrogens (tertiary/aromatic N) is 3. The summed E-state index contributed by atoms with van der Waals surface area (Å²) < 4.78 is 7.92. The molecule has 1 unspecified atom stereocenters. The molecule has 3 heterocycles. The summed E-state index contributed by atoms with van der Waals surface area (Å²) in [5.41, 5.74) is 11.8. The first-order valence-electron chi connectivity index (χ1n) is 20.3. The molecule has 0 saturated heterocycles. The Kier molecular flexibility index (Phi) is 8.13. The molecular formula is C55H35N3OS. The van der Waals surface area contributed by atoms with Crippen LogP contribution in [0.5, 0.6) is 0 Å². The van der Waals surface area contributed by atoms with Crippen molar-refractivity contribution in [2.45, 2.75) is 12.3 Å². The van der Waals surface area contributed by atoms with Crippen molar-refractivity contribution < 1.29 is 4.42 Å². The summed E-state index contributed by atoms with van der Waals surface area (Å²) >= 11 is 1.87. The van der Waals surface area contributed by atoms with Crippen LogP contribution in [-0.2, 0) is 6.42 Å². The lowest BCUT2D eigenvalue weighted by molar-refractivity contribution is 0.669. The molecule has 12 rings (SSSR count). The molecule has 0 amide bonds. The second-order valence-corrected chi connectivity index (χ2v) is 16.6. The maximum absolute atomic E-state index is 6.61. The zero-order valence-electron chi connectivity index (χ0n) is 32.4. The highest BCUT2D eigenvalue weighted by atomic mass is 32.1. The number of hydrogen-bond donors (Lipinski definition) is 0. The molecule has 4 nitrogen and oxygen atoms in total. The number of aromatic nitrogens is 3. The predicted molar refractivity (Wildman–Crippen MR) is 249 cm³/mol. The Labute approximate surface area is 350 Å². The summed E-state index contributed by atoms with van der Waals surface area (Å²) in [5.74, 6) is 2.06. The average molecular weight is 786 g/mol. The average Bonchev–Trinajstić information content (AvgIpc) is 3.90. The minimum Gasteiger partial charge on any atom is -0.456 e. The van der Waals surface area contributed by atoms with Gasteiger partial charge < -0.3 is 4.42 Å². The van der Waals surface area contributed by atoms with Crippen LogP contribution >= 0.6 is 11.3 Å². The van der Waals surface area contributed by atoms with Gasteiger partial charge in [-0.25, -0.2) is 15.0 Å². The van der Waals surface area contributed by atoms with E-state index >= 15 is 0 Å². The van der Waals surface area contributed by atoms with Gasteiger partial charge in [-0.3, -0.25) is 0 Å². The van der Waals surface area contributed by atoms with Crippen molar-refractivity contribution in [3.63, 3.8) is 0 Å². The van der Waals surface area contributed by atoms with E-state index < -0.39 is 0 Å². The lowest BCUT2D eigenvalue weighted by Crippen LogP contribution is -2.11. The molecule has 5 heteroatoms. The summed E-state index contributed by atoms with van der Waals surface area (Å²) in [6, 6.07) is 64.2. The van der Waals surface area contributed by atoms with Crippen LogP contribution in [0.25, 0.3) is 105 Å². The monoisotopic (exact) mass is 785 g/mol. The number of fused-ring (bicyclic) bond motifs is 7. The first-order chi connectivity index (χ1) is 29.7. The molecule has 282 valence electrons. The van der Waals surface area contributed by atoms with E-state index in [1.807, 2.05) is 23.5 Å². The number of allylic oxidation sites excluding steroid dienone is 1. The number of benzene rings is 8. The molecule has 0 saturated carbocycles. The van der Waals surface area contributed by atoms with Crippen molar-refractivity contribution >= 4 is 60.2 Å². The van der Waals surface area contributed by atoms with Crippen LogP contribution < -0.4 is 0 Å². The lowest BCUT2D eigenvalue weighted by atomic mass is 9.93. The Balaban J connectivity index is 0.981. The van der Waals surface area contributed by atoms with Crippen LogP contribution in [-0.4, -0.2) is 15.0 Å². The van der Waals surface area contributed by atoms with Crippen LogP contribution in [0.1, 0.15) is 22.2 Å². The van der Waals surface area contributed by atoms with Crippen LogP contribution in [0.3, 0.4) is 0 Å². The van der Waals surface area contributed by atoms with Gasteiger partial charge in [0.1, 0.15) is 17.0 Å². The van der Waals surface area contributed by atoms with Gasteiger partial charge in [-0.15, -0.1) is 11.3 Å². The molecule has 1 aliphatic carbocycles. The van der Waals surface area contributed by atoms with E-state index in [0.29, 0.717) is 11.6 Å². The zero-order valence-corrected chi connectivity index (χ0v) is 33.2. The third-order valence-electron chi connectivity index (χ3n) is 11.9. The van der Waals surface area contributed by atoms with Gasteiger partial charge in [0.05, 0.1) is 0 Å². The normalized spacial score (nSPS) is 13.7. The van der Waals surface area contributed by atoms with Crippen molar-refractivity contribution in [3.05, 3.63) is 204 Å². The van der Waals surface area contributed by atoms with E-state index in [0.717, 1.165) is 61.8 Å². The van der Waals surface area contributed by atoms with E-state index in [9.17, 15) is 0 Å². The summed E-state index contributed by atoms with van der Waals surface area (Å²) in [7, 11) is 0. The highest BCUT2D eigenvalue weighted by Crippen LogP contribution is 2.43. The lowest BCUT2D eigenvalue weighted by Gasteiger charge is -2.17. The largest absolute Gasteiger partial charge is 0.456 e. The van der Waals surface area contributed by atoms with Crippen molar-refractivity contribution in [1.82, 2.24) is 15.0 Å². The van der Waals surface area contributed by atoms with Gasteiger partial charge >= 0.3 is 0 Å². The second kappa shape index (κ2) is 14.1. The molecule has 11 aromatic rings. The zero-order chi connectivity index (χ0) is 39.6. The Hall–Kier alpha value is -7.47. The Morgan fingerprint density at radius 3 is 1.83 bits per heavy atom. The van der Waals surface area contributed by atoms with Crippen LogP contribution in [0.15, 0.2) is 192 Å². The van der Waals surface area contributed by atoms with Crippen molar-refractivity contribution in [3.8, 4) is 56.2 Å². The highest BCUT2D eigenvalue weighted by molar-refractivity contribution is 7.19. The van der Waals surface area contributed by atoms with E-state index in [1.165, 1.54) is 48.2 Å². The maximum Gasteiger partial charge on any atom is 0.164 e. The Morgan fingerprint density at radius 1 is 0.467 bits per heavy atom. The van der Waals surface area contributed by atoms with E-state index in [1.54, 1.807) is 0 Å². The van der Waals surface area contributed by atoms with Crippen LogP contribution in [0.2, 0.25) is 0 Å². The topological polar surface area (TPSA) is 51.8 Å². The molecule has 3 aromatic heterocycles. The second-order valence-electron chi connectivity index (χ2n) is 15.5. The fourth-order valence-corrected chi connectivity index (χ4v) is 10.1. The third-order valence-corrected chi connectivity index (χ3v) is 13.1. The molecule has 60 heavy (non-hydrogen) atoms. The molecule has 0 N–H and O–H groups in total. The molecule has 0 radical (unpaired) electrons. The van der Waals surface area contributed by atoms with Gasteiger partial charge in [0.25, 0.3) is 0 Å². The quantitative estimate of drug-likeness (QED) is 0.168. The number of hydrogen-bond acceptors (Lipinski definition) is 5. The Morgan fingerprint density at radius 2 is 1.07 bits per heavy atom. The first kappa shape index (κ1) is 34.6. The number of furan rings is 1. The predicted octanol–water partition coefficient (Wildman–Crippen LogP) is 14.8. The standard InChI is InChI=1S/C55H35N3OS/c1-2-10-34(11-3-1)36-20-22-37(23-21-36)38-24-27-39(28-25-38)43-15-8-17-47-51(43)52-46(16-9-18-48(52)59-47)55-57-53(41-29-26-35-12-4-5-13-40(35)32-41)56-54(58-55)42-30-31-45-44-14-6-7-19-49(44)60-50(45)33-42/h1-32,42H,33H2. The van der Waals surface area contributed by atoms with Crippen LogP contribution in [0, 0.1) is 0 Å². The minimum atomic E-state index is -0.00423. The number of rotatable bonds is 6. The third kappa shape index (κ3) is 5.93. The van der Waals surface area contributed by atoms with Gasteiger partial charge in [-0.2, -0.15) is 0 Å². The first-order valence-corrected chi connectivity index (χ1v) is 21.2. The van der Waals surface area contributed by atoms with Gasteiger partial charge in [-0.1, -0.05) is 170 Å². The summed E-state index contributed by atoms with van der Waals surface area (Å²) in [5, 5.41) is 5.68. The van der Waals surface area contributed by atoms with Gasteiger partial charge in [0, 0.05) is 37.4 Å². The maximum atomic E-state index is 6.61. The molecule has 0 fully saturated rings. The van der Waals surface area contributed by atoms with Crippen molar-refractivity contribution in [2.75, 3.05) is 0 Å².